The third kappa shape index (κ3) is 5.33. The molecular weight excluding hydrogens is 745 g/mol. The van der Waals surface area contributed by atoms with Gasteiger partial charge in [-0.2, -0.15) is 0 Å². The Morgan fingerprint density at radius 1 is 0.383 bits per heavy atom. The number of rotatable bonds is 5. The third-order valence-electron chi connectivity index (χ3n) is 12.7. The normalized spacial score (nSPS) is 13.0. The minimum atomic E-state index is -0.160. The summed E-state index contributed by atoms with van der Waals surface area (Å²) in [4.78, 5) is 10.8. The molecule has 3 heteroatoms. The summed E-state index contributed by atoms with van der Waals surface area (Å²) in [6.45, 7) is 4.71. The van der Waals surface area contributed by atoms with Gasteiger partial charge in [-0.1, -0.05) is 178 Å². The molecule has 0 radical (unpaired) electrons. The second-order valence-corrected chi connectivity index (χ2v) is 17.5. The number of fused-ring (bicyclic) bond motifs is 8. The SMILES string of the molecule is CC1(C)c2cc3ccccc3cc2-c2c(-c3cc(-c4ccc(-c5ccccc5-c5cccc6sc7ccccc7c56)c5ccccc45)nc(-c4ccccc4)n3)cccc21. The van der Waals surface area contributed by atoms with Crippen LogP contribution in [-0.4, -0.2) is 9.97 Å². The molecule has 0 unspecified atom stereocenters. The lowest BCUT2D eigenvalue weighted by atomic mass is 9.81. The second-order valence-electron chi connectivity index (χ2n) is 16.5. The summed E-state index contributed by atoms with van der Waals surface area (Å²) in [7, 11) is 0. The summed E-state index contributed by atoms with van der Waals surface area (Å²) >= 11 is 1.86. The minimum Gasteiger partial charge on any atom is -0.228 e. The molecular formula is C57H38N2S. The Hall–Kier alpha value is -7.20. The van der Waals surface area contributed by atoms with Crippen LogP contribution in [0.5, 0.6) is 0 Å². The van der Waals surface area contributed by atoms with E-state index in [1.807, 2.05) is 17.4 Å². The van der Waals surface area contributed by atoms with Gasteiger partial charge in [-0.25, -0.2) is 9.97 Å². The Bertz CT molecular complexity index is 3520. The Morgan fingerprint density at radius 2 is 0.950 bits per heavy atom. The molecule has 11 aromatic rings. The summed E-state index contributed by atoms with van der Waals surface area (Å²) in [5.74, 6) is 0.714. The second kappa shape index (κ2) is 13.4. The summed E-state index contributed by atoms with van der Waals surface area (Å²) in [5.41, 5.74) is 15.0. The number of benzene rings is 9. The largest absolute Gasteiger partial charge is 0.228 e. The molecule has 0 fully saturated rings. The fourth-order valence-corrected chi connectivity index (χ4v) is 11.0. The number of hydrogen-bond acceptors (Lipinski definition) is 3. The molecule has 0 amide bonds. The van der Waals surface area contributed by atoms with E-state index in [2.05, 4.69) is 202 Å². The highest BCUT2D eigenvalue weighted by Crippen LogP contribution is 2.53. The molecule has 0 bridgehead atoms. The summed E-state index contributed by atoms with van der Waals surface area (Å²) in [5, 5.41) is 7.49. The molecule has 282 valence electrons. The predicted octanol–water partition coefficient (Wildman–Crippen LogP) is 15.8. The van der Waals surface area contributed by atoms with Gasteiger partial charge < -0.3 is 0 Å². The van der Waals surface area contributed by atoms with E-state index in [0.29, 0.717) is 5.82 Å². The van der Waals surface area contributed by atoms with Crippen LogP contribution in [0.25, 0.3) is 109 Å². The van der Waals surface area contributed by atoms with Crippen molar-refractivity contribution in [2.45, 2.75) is 19.3 Å². The molecule has 60 heavy (non-hydrogen) atoms. The van der Waals surface area contributed by atoms with Gasteiger partial charge >= 0.3 is 0 Å². The maximum absolute atomic E-state index is 5.38. The van der Waals surface area contributed by atoms with E-state index in [-0.39, 0.29) is 5.41 Å². The average molecular weight is 783 g/mol. The Morgan fingerprint density at radius 3 is 1.75 bits per heavy atom. The Balaban J connectivity index is 1.07. The lowest BCUT2D eigenvalue weighted by Gasteiger charge is -2.22. The molecule has 2 aromatic heterocycles. The van der Waals surface area contributed by atoms with Gasteiger partial charge in [0.15, 0.2) is 5.82 Å². The van der Waals surface area contributed by atoms with Gasteiger partial charge in [0.05, 0.1) is 11.4 Å². The van der Waals surface area contributed by atoms with Crippen molar-refractivity contribution in [2.24, 2.45) is 0 Å². The molecule has 1 aliphatic carbocycles. The lowest BCUT2D eigenvalue weighted by molar-refractivity contribution is 0.661. The van der Waals surface area contributed by atoms with Gasteiger partial charge in [0.1, 0.15) is 0 Å². The van der Waals surface area contributed by atoms with Crippen molar-refractivity contribution in [3.63, 3.8) is 0 Å². The highest BCUT2D eigenvalue weighted by molar-refractivity contribution is 7.25. The van der Waals surface area contributed by atoms with E-state index in [9.17, 15) is 0 Å². The first-order chi connectivity index (χ1) is 29.5. The molecule has 0 saturated heterocycles. The molecule has 0 atom stereocenters. The van der Waals surface area contributed by atoms with Crippen molar-refractivity contribution in [1.29, 1.82) is 0 Å². The minimum absolute atomic E-state index is 0.160. The molecule has 0 saturated carbocycles. The quantitative estimate of drug-likeness (QED) is 0.174. The van der Waals surface area contributed by atoms with Crippen LogP contribution in [0.3, 0.4) is 0 Å². The molecule has 0 spiro atoms. The van der Waals surface area contributed by atoms with Crippen LogP contribution in [0.4, 0.5) is 0 Å². The van der Waals surface area contributed by atoms with Gasteiger partial charge in [-0.3, -0.25) is 0 Å². The molecule has 12 rings (SSSR count). The van der Waals surface area contributed by atoms with Crippen molar-refractivity contribution in [1.82, 2.24) is 9.97 Å². The first-order valence-electron chi connectivity index (χ1n) is 20.7. The van der Waals surface area contributed by atoms with Crippen LogP contribution in [0.2, 0.25) is 0 Å². The molecule has 0 aliphatic heterocycles. The first-order valence-corrected chi connectivity index (χ1v) is 21.5. The standard InChI is InChI=1S/C57H38N2S/c1-57(2)48-27-14-26-45(54(48)47-32-36-18-6-7-19-37(36)33-49(47)57)51-34-50(58-56(59-51)35-16-4-3-5-17-35)43-31-30-42(38-20-8-10-22-40(38)43)39-21-9-11-23-41(39)44-25-15-29-53-55(44)46-24-12-13-28-52(46)60-53/h3-34H,1-2H3. The fourth-order valence-electron chi connectivity index (χ4n) is 9.83. The Labute approximate surface area is 353 Å². The summed E-state index contributed by atoms with van der Waals surface area (Å²) in [6, 6.07) is 70.6. The molecule has 1 aliphatic rings. The van der Waals surface area contributed by atoms with Gasteiger partial charge in [0.2, 0.25) is 0 Å². The van der Waals surface area contributed by atoms with E-state index < -0.39 is 0 Å². The third-order valence-corrected chi connectivity index (χ3v) is 13.8. The molecule has 9 aromatic carbocycles. The van der Waals surface area contributed by atoms with Crippen molar-refractivity contribution in [3.8, 4) is 67.3 Å². The van der Waals surface area contributed by atoms with Gasteiger partial charge in [0, 0.05) is 42.3 Å². The maximum Gasteiger partial charge on any atom is 0.160 e. The van der Waals surface area contributed by atoms with Crippen LogP contribution < -0.4 is 0 Å². The Kier molecular flexibility index (Phi) is 7.79. The van der Waals surface area contributed by atoms with Crippen molar-refractivity contribution < 1.29 is 0 Å². The summed E-state index contributed by atoms with van der Waals surface area (Å²) in [6.07, 6.45) is 0. The van der Waals surface area contributed by atoms with E-state index in [1.54, 1.807) is 0 Å². The van der Waals surface area contributed by atoms with Crippen LogP contribution in [0.15, 0.2) is 194 Å². The van der Waals surface area contributed by atoms with Crippen LogP contribution in [-0.2, 0) is 5.41 Å². The first kappa shape index (κ1) is 34.8. The smallest absolute Gasteiger partial charge is 0.160 e. The predicted molar refractivity (Wildman–Crippen MR) is 255 cm³/mol. The zero-order chi connectivity index (χ0) is 40.0. The van der Waals surface area contributed by atoms with E-state index in [4.69, 9.17) is 9.97 Å². The fraction of sp³-hybridized carbons (Fsp3) is 0.0526. The lowest BCUT2D eigenvalue weighted by Crippen LogP contribution is -2.14. The number of aromatic nitrogens is 2. The zero-order valence-electron chi connectivity index (χ0n) is 33.3. The van der Waals surface area contributed by atoms with E-state index >= 15 is 0 Å². The van der Waals surface area contributed by atoms with Gasteiger partial charge in [-0.05, 0) is 96.4 Å². The number of hydrogen-bond donors (Lipinski definition) is 0. The number of nitrogens with zero attached hydrogens (tertiary/aromatic N) is 2. The van der Waals surface area contributed by atoms with E-state index in [1.165, 1.54) is 80.8 Å². The van der Waals surface area contributed by atoms with Crippen molar-refractivity contribution >= 4 is 53.1 Å². The van der Waals surface area contributed by atoms with Crippen LogP contribution in [0.1, 0.15) is 25.0 Å². The molecule has 0 N–H and O–H groups in total. The summed E-state index contributed by atoms with van der Waals surface area (Å²) < 4.78 is 2.62. The van der Waals surface area contributed by atoms with Crippen LogP contribution in [0, 0.1) is 0 Å². The maximum atomic E-state index is 5.38. The zero-order valence-corrected chi connectivity index (χ0v) is 34.1. The molecule has 2 heterocycles. The average Bonchev–Trinajstić information content (AvgIpc) is 3.80. The van der Waals surface area contributed by atoms with E-state index in [0.717, 1.165) is 33.5 Å². The highest BCUT2D eigenvalue weighted by atomic mass is 32.1. The number of thiophene rings is 1. The van der Waals surface area contributed by atoms with Gasteiger partial charge in [-0.15, -0.1) is 11.3 Å². The van der Waals surface area contributed by atoms with Crippen molar-refractivity contribution in [3.05, 3.63) is 205 Å². The van der Waals surface area contributed by atoms with Crippen molar-refractivity contribution in [2.75, 3.05) is 0 Å². The topological polar surface area (TPSA) is 25.8 Å². The monoisotopic (exact) mass is 782 g/mol. The van der Waals surface area contributed by atoms with Crippen LogP contribution >= 0.6 is 11.3 Å². The van der Waals surface area contributed by atoms with Gasteiger partial charge in [0.25, 0.3) is 0 Å². The molecule has 2 nitrogen and oxygen atoms in total. The highest BCUT2D eigenvalue weighted by Gasteiger charge is 2.37.